The van der Waals surface area contributed by atoms with Crippen LogP contribution < -0.4 is 19.7 Å². The molecular formula is C23H25N3O3. The maximum atomic E-state index is 12.5. The fourth-order valence-electron chi connectivity index (χ4n) is 3.34. The van der Waals surface area contributed by atoms with Crippen molar-refractivity contribution in [2.75, 3.05) is 32.2 Å². The Kier molecular flexibility index (Phi) is 6.75. The standard InChI is InChI=1S/C23H25N3O3/c1-28-21-10-7-18(22(14-21)29-2)16-25-23(27)19(15-24)13-17-5-8-20(9-6-17)26-11-3-4-12-26/h5-10,13-14H,3-4,11-12,16H2,1-2H3,(H,25,27)/b19-13+. The molecule has 3 rings (SSSR count). The molecular weight excluding hydrogens is 366 g/mol. The lowest BCUT2D eigenvalue weighted by molar-refractivity contribution is -0.117. The van der Waals surface area contributed by atoms with E-state index >= 15 is 0 Å². The molecule has 0 radical (unpaired) electrons. The van der Waals surface area contributed by atoms with Crippen LogP contribution in [0.2, 0.25) is 0 Å². The van der Waals surface area contributed by atoms with Crippen LogP contribution in [0.25, 0.3) is 6.08 Å². The highest BCUT2D eigenvalue weighted by molar-refractivity contribution is 6.01. The van der Waals surface area contributed by atoms with E-state index < -0.39 is 5.91 Å². The smallest absolute Gasteiger partial charge is 0.262 e. The van der Waals surface area contributed by atoms with Crippen LogP contribution in [-0.2, 0) is 11.3 Å². The fourth-order valence-corrected chi connectivity index (χ4v) is 3.34. The average molecular weight is 391 g/mol. The van der Waals surface area contributed by atoms with Gasteiger partial charge in [-0.25, -0.2) is 0 Å². The van der Waals surface area contributed by atoms with E-state index in [-0.39, 0.29) is 12.1 Å². The van der Waals surface area contributed by atoms with Gasteiger partial charge < -0.3 is 19.7 Å². The van der Waals surface area contributed by atoms with Gasteiger partial charge in [0.05, 0.1) is 14.2 Å². The maximum absolute atomic E-state index is 12.5. The summed E-state index contributed by atoms with van der Waals surface area (Å²) in [6, 6.07) is 15.3. The van der Waals surface area contributed by atoms with E-state index in [0.29, 0.717) is 11.5 Å². The van der Waals surface area contributed by atoms with E-state index in [1.807, 2.05) is 36.4 Å². The molecule has 0 atom stereocenters. The van der Waals surface area contributed by atoms with Crippen molar-refractivity contribution in [1.29, 1.82) is 5.26 Å². The van der Waals surface area contributed by atoms with Crippen LogP contribution in [0.3, 0.4) is 0 Å². The largest absolute Gasteiger partial charge is 0.497 e. The number of rotatable bonds is 7. The number of carbonyl (C=O) groups is 1. The second-order valence-corrected chi connectivity index (χ2v) is 6.82. The highest BCUT2D eigenvalue weighted by Crippen LogP contribution is 2.24. The molecule has 1 fully saturated rings. The third-order valence-corrected chi connectivity index (χ3v) is 4.97. The minimum atomic E-state index is -0.422. The number of anilines is 1. The molecule has 0 saturated carbocycles. The Morgan fingerprint density at radius 2 is 1.86 bits per heavy atom. The van der Waals surface area contributed by atoms with Gasteiger partial charge >= 0.3 is 0 Å². The number of carbonyl (C=O) groups excluding carboxylic acids is 1. The van der Waals surface area contributed by atoms with Gasteiger partial charge in [-0.05, 0) is 48.7 Å². The molecule has 1 amide bonds. The molecule has 0 aliphatic carbocycles. The van der Waals surface area contributed by atoms with Crippen LogP contribution in [-0.4, -0.2) is 33.2 Å². The highest BCUT2D eigenvalue weighted by Gasteiger charge is 2.13. The number of nitrogens with zero attached hydrogens (tertiary/aromatic N) is 2. The first kappa shape index (κ1) is 20.3. The lowest BCUT2D eigenvalue weighted by atomic mass is 10.1. The highest BCUT2D eigenvalue weighted by atomic mass is 16.5. The van der Waals surface area contributed by atoms with Gasteiger partial charge in [-0.1, -0.05) is 12.1 Å². The van der Waals surface area contributed by atoms with Gasteiger partial charge in [-0.3, -0.25) is 4.79 Å². The molecule has 1 aliphatic heterocycles. The summed E-state index contributed by atoms with van der Waals surface area (Å²) in [6.45, 7) is 2.41. The van der Waals surface area contributed by atoms with Crippen molar-refractivity contribution in [2.24, 2.45) is 0 Å². The fraction of sp³-hybridized carbons (Fsp3) is 0.304. The zero-order valence-electron chi connectivity index (χ0n) is 16.8. The van der Waals surface area contributed by atoms with Crippen molar-refractivity contribution in [3.8, 4) is 17.6 Å². The number of nitriles is 1. The van der Waals surface area contributed by atoms with E-state index in [1.165, 1.54) is 18.5 Å². The predicted molar refractivity (Wildman–Crippen MR) is 113 cm³/mol. The molecule has 2 aromatic rings. The van der Waals surface area contributed by atoms with Gasteiger partial charge in [0.25, 0.3) is 5.91 Å². The van der Waals surface area contributed by atoms with Gasteiger partial charge in [0.2, 0.25) is 0 Å². The SMILES string of the molecule is COc1ccc(CNC(=O)/C(C#N)=C/c2ccc(N3CCCC3)cc2)c(OC)c1. The molecule has 29 heavy (non-hydrogen) atoms. The van der Waals surface area contributed by atoms with E-state index in [9.17, 15) is 10.1 Å². The van der Waals surface area contributed by atoms with Crippen molar-refractivity contribution in [3.05, 3.63) is 59.2 Å². The van der Waals surface area contributed by atoms with Crippen molar-refractivity contribution < 1.29 is 14.3 Å². The topological polar surface area (TPSA) is 74.6 Å². The first-order valence-electron chi connectivity index (χ1n) is 9.60. The average Bonchev–Trinajstić information content (AvgIpc) is 3.31. The lowest BCUT2D eigenvalue weighted by Crippen LogP contribution is -2.24. The monoisotopic (exact) mass is 391 g/mol. The number of amides is 1. The molecule has 1 aliphatic rings. The van der Waals surface area contributed by atoms with Gasteiger partial charge in [0, 0.05) is 37.0 Å². The van der Waals surface area contributed by atoms with Crippen molar-refractivity contribution >= 4 is 17.7 Å². The first-order valence-corrected chi connectivity index (χ1v) is 9.60. The van der Waals surface area contributed by atoms with Crippen LogP contribution in [0.15, 0.2) is 48.0 Å². The minimum Gasteiger partial charge on any atom is -0.497 e. The molecule has 6 heteroatoms. The van der Waals surface area contributed by atoms with E-state index in [2.05, 4.69) is 10.2 Å². The molecule has 1 heterocycles. The van der Waals surface area contributed by atoms with Crippen LogP contribution >= 0.6 is 0 Å². The van der Waals surface area contributed by atoms with Crippen molar-refractivity contribution in [2.45, 2.75) is 19.4 Å². The summed E-state index contributed by atoms with van der Waals surface area (Å²) in [6.07, 6.45) is 4.05. The van der Waals surface area contributed by atoms with Crippen LogP contribution in [0.4, 0.5) is 5.69 Å². The number of ether oxygens (including phenoxy) is 2. The lowest BCUT2D eigenvalue weighted by Gasteiger charge is -2.17. The Labute approximate surface area is 171 Å². The quantitative estimate of drug-likeness (QED) is 0.577. The van der Waals surface area contributed by atoms with Crippen molar-refractivity contribution in [1.82, 2.24) is 5.32 Å². The zero-order valence-corrected chi connectivity index (χ0v) is 16.8. The van der Waals surface area contributed by atoms with E-state index in [4.69, 9.17) is 9.47 Å². The zero-order chi connectivity index (χ0) is 20.6. The van der Waals surface area contributed by atoms with Gasteiger partial charge in [0.1, 0.15) is 23.1 Å². The second-order valence-electron chi connectivity index (χ2n) is 6.82. The summed E-state index contributed by atoms with van der Waals surface area (Å²) in [4.78, 5) is 14.8. The summed E-state index contributed by atoms with van der Waals surface area (Å²) in [5, 5.41) is 12.2. The molecule has 1 N–H and O–H groups in total. The Morgan fingerprint density at radius 3 is 2.48 bits per heavy atom. The summed E-state index contributed by atoms with van der Waals surface area (Å²) >= 11 is 0. The third-order valence-electron chi connectivity index (χ3n) is 4.97. The van der Waals surface area contributed by atoms with Gasteiger partial charge in [-0.2, -0.15) is 5.26 Å². The number of hydrogen-bond donors (Lipinski definition) is 1. The molecule has 0 aromatic heterocycles. The van der Waals surface area contributed by atoms with Crippen LogP contribution in [0.1, 0.15) is 24.0 Å². The first-order chi connectivity index (χ1) is 14.1. The number of methoxy groups -OCH3 is 2. The maximum Gasteiger partial charge on any atom is 0.262 e. The van der Waals surface area contributed by atoms with Gasteiger partial charge in [-0.15, -0.1) is 0 Å². The van der Waals surface area contributed by atoms with E-state index in [1.54, 1.807) is 32.4 Å². The predicted octanol–water partition coefficient (Wildman–Crippen LogP) is 3.53. The number of benzene rings is 2. The molecule has 1 saturated heterocycles. The normalized spacial score (nSPS) is 13.7. The molecule has 2 aromatic carbocycles. The molecule has 6 nitrogen and oxygen atoms in total. The van der Waals surface area contributed by atoms with Gasteiger partial charge in [0.15, 0.2) is 0 Å². The summed E-state index contributed by atoms with van der Waals surface area (Å²) < 4.78 is 10.5. The van der Waals surface area contributed by atoms with Crippen molar-refractivity contribution in [3.63, 3.8) is 0 Å². The Hall–Kier alpha value is -3.46. The summed E-state index contributed by atoms with van der Waals surface area (Å²) in [5.41, 5.74) is 2.86. The summed E-state index contributed by atoms with van der Waals surface area (Å²) in [5.74, 6) is 0.866. The molecule has 150 valence electrons. The Bertz CT molecular complexity index is 923. The Balaban J connectivity index is 1.66. The van der Waals surface area contributed by atoms with Crippen LogP contribution in [0.5, 0.6) is 11.5 Å². The minimum absolute atomic E-state index is 0.0615. The molecule has 0 bridgehead atoms. The number of nitrogens with one attached hydrogen (secondary N) is 1. The summed E-state index contributed by atoms with van der Waals surface area (Å²) in [7, 11) is 3.14. The Morgan fingerprint density at radius 1 is 1.14 bits per heavy atom. The van der Waals surface area contributed by atoms with Crippen LogP contribution in [0, 0.1) is 11.3 Å². The van der Waals surface area contributed by atoms with E-state index in [0.717, 1.165) is 24.2 Å². The molecule has 0 unspecified atom stereocenters. The molecule has 0 spiro atoms. The number of hydrogen-bond acceptors (Lipinski definition) is 5. The second kappa shape index (κ2) is 9.65. The third kappa shape index (κ3) is 5.08.